The van der Waals surface area contributed by atoms with Crippen LogP contribution < -0.4 is 16.3 Å². The van der Waals surface area contributed by atoms with E-state index in [2.05, 4.69) is 33.0 Å². The highest BCUT2D eigenvalue weighted by molar-refractivity contribution is 5.88. The Morgan fingerprint density at radius 3 is 2.56 bits per heavy atom. The summed E-state index contributed by atoms with van der Waals surface area (Å²) in [7, 11) is 0. The van der Waals surface area contributed by atoms with E-state index in [4.69, 9.17) is 0 Å². The first-order chi connectivity index (χ1) is 12.9. The molecule has 0 fully saturated rings. The van der Waals surface area contributed by atoms with Gasteiger partial charge in [0.05, 0.1) is 18.3 Å². The predicted molar refractivity (Wildman–Crippen MR) is 109 cm³/mol. The zero-order valence-electron chi connectivity index (χ0n) is 15.6. The van der Waals surface area contributed by atoms with Crippen molar-refractivity contribution in [2.45, 2.75) is 20.8 Å². The zero-order chi connectivity index (χ0) is 19.4. The van der Waals surface area contributed by atoms with Crippen molar-refractivity contribution in [2.24, 2.45) is 5.10 Å². The third-order valence-corrected chi connectivity index (χ3v) is 4.28. The molecule has 138 valence electrons. The number of pyridine rings is 1. The number of aromatic nitrogens is 1. The Bertz CT molecular complexity index is 1060. The van der Waals surface area contributed by atoms with Gasteiger partial charge in [0.25, 0.3) is 11.5 Å². The van der Waals surface area contributed by atoms with Crippen LogP contribution in [0.1, 0.15) is 22.3 Å². The molecule has 0 aliphatic rings. The Kier molecular flexibility index (Phi) is 5.35. The van der Waals surface area contributed by atoms with Gasteiger partial charge in [-0.25, -0.2) is 5.43 Å². The second-order valence-electron chi connectivity index (χ2n) is 6.56. The lowest BCUT2D eigenvalue weighted by atomic mass is 10.1. The molecular weight excluding hydrogens is 340 g/mol. The molecule has 1 aromatic heterocycles. The maximum absolute atomic E-state index is 12.1. The van der Waals surface area contributed by atoms with E-state index in [9.17, 15) is 9.59 Å². The number of hydrogen-bond acceptors (Lipinski definition) is 4. The number of aryl methyl sites for hydroxylation is 3. The molecule has 0 radical (unpaired) electrons. The van der Waals surface area contributed by atoms with E-state index < -0.39 is 0 Å². The van der Waals surface area contributed by atoms with Crippen molar-refractivity contribution >= 4 is 28.7 Å². The van der Waals surface area contributed by atoms with Gasteiger partial charge in [0.1, 0.15) is 0 Å². The number of benzene rings is 2. The molecule has 0 unspecified atom stereocenters. The molecule has 3 N–H and O–H groups in total. The number of rotatable bonds is 5. The first-order valence-corrected chi connectivity index (χ1v) is 8.70. The van der Waals surface area contributed by atoms with Gasteiger partial charge in [0.15, 0.2) is 0 Å². The van der Waals surface area contributed by atoms with E-state index in [0.29, 0.717) is 5.56 Å². The van der Waals surface area contributed by atoms with Crippen LogP contribution in [0, 0.1) is 20.8 Å². The molecule has 0 aliphatic carbocycles. The molecule has 3 aromatic rings. The van der Waals surface area contributed by atoms with Crippen molar-refractivity contribution < 1.29 is 4.79 Å². The van der Waals surface area contributed by atoms with Gasteiger partial charge < -0.3 is 10.3 Å². The minimum atomic E-state index is -0.289. The van der Waals surface area contributed by atoms with Gasteiger partial charge in [0, 0.05) is 11.2 Å². The standard InChI is InChI=1S/C21H22N4O2/c1-13-8-14(2)20(15(3)9-13)22-12-19(26)25-23-11-17-10-16-6-4-5-7-18(16)24-21(17)27/h4-11,22H,12H2,1-3H3,(H,24,27)(H,25,26)/b23-11+. The quantitative estimate of drug-likeness (QED) is 0.482. The minimum Gasteiger partial charge on any atom is -0.376 e. The Morgan fingerprint density at radius 1 is 1.11 bits per heavy atom. The molecule has 2 aromatic carbocycles. The molecular formula is C21H22N4O2. The van der Waals surface area contributed by atoms with Gasteiger partial charge in [-0.05, 0) is 49.4 Å². The first kappa shape index (κ1) is 18.4. The molecule has 1 amide bonds. The van der Waals surface area contributed by atoms with Crippen LogP contribution in [0.2, 0.25) is 0 Å². The third-order valence-electron chi connectivity index (χ3n) is 4.28. The molecule has 0 saturated heterocycles. The Hall–Kier alpha value is -3.41. The molecule has 6 heteroatoms. The summed E-state index contributed by atoms with van der Waals surface area (Å²) in [6.07, 6.45) is 1.35. The van der Waals surface area contributed by atoms with Gasteiger partial charge in [-0.3, -0.25) is 9.59 Å². The maximum Gasteiger partial charge on any atom is 0.259 e. The molecule has 0 atom stereocenters. The van der Waals surface area contributed by atoms with E-state index in [1.807, 2.05) is 45.0 Å². The van der Waals surface area contributed by atoms with E-state index in [0.717, 1.165) is 27.7 Å². The highest BCUT2D eigenvalue weighted by atomic mass is 16.2. The number of amides is 1. The highest BCUT2D eigenvalue weighted by Gasteiger charge is 2.06. The fourth-order valence-corrected chi connectivity index (χ4v) is 3.10. The van der Waals surface area contributed by atoms with Crippen LogP contribution in [-0.2, 0) is 4.79 Å². The molecule has 27 heavy (non-hydrogen) atoms. The normalized spacial score (nSPS) is 11.1. The summed E-state index contributed by atoms with van der Waals surface area (Å²) in [5, 5.41) is 7.93. The summed E-state index contributed by atoms with van der Waals surface area (Å²) in [6.45, 7) is 6.14. The van der Waals surface area contributed by atoms with Crippen molar-refractivity contribution in [3.05, 3.63) is 75.1 Å². The smallest absolute Gasteiger partial charge is 0.259 e. The second kappa shape index (κ2) is 7.86. The van der Waals surface area contributed by atoms with Crippen molar-refractivity contribution in [2.75, 3.05) is 11.9 Å². The fourth-order valence-electron chi connectivity index (χ4n) is 3.10. The second-order valence-corrected chi connectivity index (χ2v) is 6.56. The summed E-state index contributed by atoms with van der Waals surface area (Å²) in [4.78, 5) is 26.9. The fraction of sp³-hybridized carbons (Fsp3) is 0.190. The monoisotopic (exact) mass is 362 g/mol. The number of nitrogens with one attached hydrogen (secondary N) is 3. The van der Waals surface area contributed by atoms with E-state index in [-0.39, 0.29) is 18.0 Å². The number of para-hydroxylation sites is 1. The van der Waals surface area contributed by atoms with Gasteiger partial charge in [0.2, 0.25) is 0 Å². The Balaban J connectivity index is 1.63. The van der Waals surface area contributed by atoms with Gasteiger partial charge in [-0.1, -0.05) is 35.9 Å². The molecule has 1 heterocycles. The summed E-state index contributed by atoms with van der Waals surface area (Å²) in [5.41, 5.74) is 7.64. The summed E-state index contributed by atoms with van der Waals surface area (Å²) < 4.78 is 0. The van der Waals surface area contributed by atoms with E-state index >= 15 is 0 Å². The van der Waals surface area contributed by atoms with Crippen molar-refractivity contribution in [3.63, 3.8) is 0 Å². The SMILES string of the molecule is Cc1cc(C)c(NCC(=O)N/N=C/c2cc3ccccc3[nH]c2=O)c(C)c1. The first-order valence-electron chi connectivity index (χ1n) is 8.70. The van der Waals surface area contributed by atoms with Crippen LogP contribution >= 0.6 is 0 Å². The predicted octanol–water partition coefficient (Wildman–Crippen LogP) is 3.02. The van der Waals surface area contributed by atoms with Crippen molar-refractivity contribution in [3.8, 4) is 0 Å². The summed E-state index contributed by atoms with van der Waals surface area (Å²) in [6, 6.07) is 13.4. The zero-order valence-corrected chi connectivity index (χ0v) is 15.6. The Morgan fingerprint density at radius 2 is 1.81 bits per heavy atom. The molecule has 0 saturated carbocycles. The topological polar surface area (TPSA) is 86.3 Å². The van der Waals surface area contributed by atoms with Crippen LogP contribution in [0.3, 0.4) is 0 Å². The summed E-state index contributed by atoms with van der Waals surface area (Å²) >= 11 is 0. The molecule has 3 rings (SSSR count). The third kappa shape index (κ3) is 4.41. The number of carbonyl (C=O) groups excluding carboxylic acids is 1. The number of nitrogens with zero attached hydrogens (tertiary/aromatic N) is 1. The van der Waals surface area contributed by atoms with Crippen LogP contribution in [0.15, 0.2) is 52.4 Å². The number of hydrazone groups is 1. The average Bonchev–Trinajstić information content (AvgIpc) is 2.61. The lowest BCUT2D eigenvalue weighted by molar-refractivity contribution is -0.119. The number of hydrogen-bond donors (Lipinski definition) is 3. The van der Waals surface area contributed by atoms with Crippen LogP contribution in [0.4, 0.5) is 5.69 Å². The highest BCUT2D eigenvalue weighted by Crippen LogP contribution is 2.21. The molecule has 0 aliphatic heterocycles. The average molecular weight is 362 g/mol. The summed E-state index contributed by atoms with van der Waals surface area (Å²) in [5.74, 6) is -0.289. The number of aromatic amines is 1. The molecule has 0 spiro atoms. The van der Waals surface area contributed by atoms with E-state index in [1.165, 1.54) is 11.8 Å². The minimum absolute atomic E-state index is 0.0934. The number of carbonyl (C=O) groups is 1. The van der Waals surface area contributed by atoms with Gasteiger partial charge in [-0.2, -0.15) is 5.10 Å². The lowest BCUT2D eigenvalue weighted by Crippen LogP contribution is -2.26. The molecule has 6 nitrogen and oxygen atoms in total. The van der Waals surface area contributed by atoms with Gasteiger partial charge in [-0.15, -0.1) is 0 Å². The van der Waals surface area contributed by atoms with E-state index in [1.54, 1.807) is 6.07 Å². The Labute approximate surface area is 157 Å². The van der Waals surface area contributed by atoms with Crippen LogP contribution in [0.25, 0.3) is 10.9 Å². The van der Waals surface area contributed by atoms with Crippen molar-refractivity contribution in [1.29, 1.82) is 0 Å². The van der Waals surface area contributed by atoms with Crippen LogP contribution in [0.5, 0.6) is 0 Å². The maximum atomic E-state index is 12.1. The number of fused-ring (bicyclic) bond motifs is 1. The van der Waals surface area contributed by atoms with Crippen LogP contribution in [-0.4, -0.2) is 23.7 Å². The lowest BCUT2D eigenvalue weighted by Gasteiger charge is -2.13. The van der Waals surface area contributed by atoms with Crippen molar-refractivity contribution in [1.82, 2.24) is 10.4 Å². The molecule has 0 bridgehead atoms. The van der Waals surface area contributed by atoms with Gasteiger partial charge >= 0.3 is 0 Å². The number of H-pyrrole nitrogens is 1. The largest absolute Gasteiger partial charge is 0.376 e. The number of anilines is 1.